The normalized spacial score (nSPS) is 17.3. The lowest BCUT2D eigenvalue weighted by atomic mass is 9.84. The van der Waals surface area contributed by atoms with E-state index in [9.17, 15) is 9.59 Å². The van der Waals surface area contributed by atoms with Crippen LogP contribution in [0.2, 0.25) is 0 Å². The molecule has 1 aliphatic rings. The third-order valence-electron chi connectivity index (χ3n) is 3.88. The number of aryl methyl sites for hydroxylation is 2. The van der Waals surface area contributed by atoms with E-state index < -0.39 is 5.91 Å². The molecule has 0 saturated heterocycles. The fraction of sp³-hybridized carbons (Fsp3) is 0.312. The molecule has 1 aromatic carbocycles. The molecule has 0 radical (unpaired) electrons. The van der Waals surface area contributed by atoms with Gasteiger partial charge in [0.1, 0.15) is 0 Å². The number of thiazole rings is 1. The van der Waals surface area contributed by atoms with Gasteiger partial charge in [0.25, 0.3) is 0 Å². The maximum atomic E-state index is 12.7. The highest BCUT2D eigenvalue weighted by Crippen LogP contribution is 2.32. The van der Waals surface area contributed by atoms with E-state index in [0.717, 1.165) is 23.5 Å². The minimum atomic E-state index is -0.552. The van der Waals surface area contributed by atoms with E-state index in [0.29, 0.717) is 17.5 Å². The van der Waals surface area contributed by atoms with Crippen LogP contribution in [0.3, 0.4) is 0 Å². The summed E-state index contributed by atoms with van der Waals surface area (Å²) in [7, 11) is 0. The van der Waals surface area contributed by atoms with Gasteiger partial charge in [-0.3, -0.25) is 9.59 Å². The van der Waals surface area contributed by atoms with Crippen LogP contribution in [0.1, 0.15) is 42.7 Å². The Bertz CT molecular complexity index is 721. The van der Waals surface area contributed by atoms with Crippen LogP contribution < -0.4 is 5.73 Å². The van der Waals surface area contributed by atoms with Gasteiger partial charge in [-0.1, -0.05) is 18.2 Å². The molecule has 1 aromatic heterocycles. The Morgan fingerprint density at radius 3 is 2.71 bits per heavy atom. The highest BCUT2D eigenvalue weighted by atomic mass is 32.1. The van der Waals surface area contributed by atoms with Gasteiger partial charge in [-0.25, -0.2) is 4.98 Å². The van der Waals surface area contributed by atoms with Crippen LogP contribution >= 0.6 is 11.3 Å². The molecule has 1 unspecified atom stereocenters. The number of hydrogen-bond acceptors (Lipinski definition) is 4. The van der Waals surface area contributed by atoms with Gasteiger partial charge in [-0.15, -0.1) is 11.3 Å². The number of fused-ring (bicyclic) bond motifs is 1. The number of carbonyl (C=O) groups is 2. The summed E-state index contributed by atoms with van der Waals surface area (Å²) in [5.41, 5.74) is 7.25. The second kappa shape index (κ2) is 5.41. The van der Waals surface area contributed by atoms with E-state index in [1.807, 2.05) is 6.92 Å². The van der Waals surface area contributed by atoms with Crippen molar-refractivity contribution in [1.82, 2.24) is 4.98 Å². The van der Waals surface area contributed by atoms with Crippen LogP contribution in [-0.4, -0.2) is 16.7 Å². The van der Waals surface area contributed by atoms with E-state index >= 15 is 0 Å². The van der Waals surface area contributed by atoms with Gasteiger partial charge in [0.15, 0.2) is 5.78 Å². The summed E-state index contributed by atoms with van der Waals surface area (Å²) in [6, 6.07) is 6.80. The lowest BCUT2D eigenvalue weighted by Crippen LogP contribution is -2.25. The molecule has 0 fully saturated rings. The monoisotopic (exact) mass is 300 g/mol. The second-order valence-corrected chi connectivity index (χ2v) is 6.60. The summed E-state index contributed by atoms with van der Waals surface area (Å²) >= 11 is 1.66. The van der Waals surface area contributed by atoms with Gasteiger partial charge in [0, 0.05) is 21.9 Å². The van der Waals surface area contributed by atoms with Crippen molar-refractivity contribution in [2.45, 2.75) is 26.2 Å². The summed E-state index contributed by atoms with van der Waals surface area (Å²) in [6.45, 7) is 1.99. The minimum Gasteiger partial charge on any atom is -0.366 e. The van der Waals surface area contributed by atoms with E-state index in [1.165, 1.54) is 4.88 Å². The van der Waals surface area contributed by atoms with E-state index in [4.69, 9.17) is 5.73 Å². The van der Waals surface area contributed by atoms with Gasteiger partial charge in [-0.05, 0) is 32.3 Å². The molecular formula is C16H16N2O2S. The summed E-state index contributed by atoms with van der Waals surface area (Å²) < 4.78 is 0. The molecule has 2 N–H and O–H groups in total. The first-order chi connectivity index (χ1) is 10.1. The van der Waals surface area contributed by atoms with Crippen LogP contribution in [0.5, 0.6) is 0 Å². The third-order valence-corrected chi connectivity index (χ3v) is 4.91. The second-order valence-electron chi connectivity index (χ2n) is 5.32. The van der Waals surface area contributed by atoms with Crippen LogP contribution in [0.4, 0.5) is 0 Å². The van der Waals surface area contributed by atoms with Gasteiger partial charge in [-0.2, -0.15) is 0 Å². The number of primary amides is 1. The first kappa shape index (κ1) is 13.9. The maximum absolute atomic E-state index is 12.7. The van der Waals surface area contributed by atoms with Crippen molar-refractivity contribution in [3.63, 3.8) is 0 Å². The van der Waals surface area contributed by atoms with Crippen LogP contribution in [-0.2, 0) is 12.8 Å². The number of benzene rings is 1. The lowest BCUT2D eigenvalue weighted by Gasteiger charge is -2.20. The molecule has 5 heteroatoms. The number of aromatic nitrogens is 1. The number of ketones is 1. The fourth-order valence-corrected chi connectivity index (χ4v) is 3.92. The molecule has 1 heterocycles. The van der Waals surface area contributed by atoms with Crippen LogP contribution in [0, 0.1) is 12.8 Å². The quantitative estimate of drug-likeness (QED) is 0.885. The topological polar surface area (TPSA) is 73.1 Å². The molecular weight excluding hydrogens is 284 g/mol. The van der Waals surface area contributed by atoms with Crippen LogP contribution in [0.25, 0.3) is 0 Å². The van der Waals surface area contributed by atoms with Crippen molar-refractivity contribution in [3.8, 4) is 0 Å². The Labute approximate surface area is 127 Å². The molecule has 0 saturated carbocycles. The number of Topliss-reactive ketones (excluding diaryl/α,β-unsaturated/α-hetero) is 1. The van der Waals surface area contributed by atoms with Crippen molar-refractivity contribution in [1.29, 1.82) is 0 Å². The zero-order valence-electron chi connectivity index (χ0n) is 11.8. The maximum Gasteiger partial charge on any atom is 0.249 e. The van der Waals surface area contributed by atoms with Gasteiger partial charge < -0.3 is 5.73 Å². The number of carbonyl (C=O) groups excluding carboxylic acids is 2. The first-order valence-electron chi connectivity index (χ1n) is 6.94. The van der Waals surface area contributed by atoms with Crippen molar-refractivity contribution in [2.75, 3.05) is 0 Å². The Balaban J connectivity index is 1.89. The fourth-order valence-electron chi connectivity index (χ4n) is 2.86. The molecule has 1 aliphatic carbocycles. The largest absolute Gasteiger partial charge is 0.366 e. The van der Waals surface area contributed by atoms with Crippen molar-refractivity contribution in [3.05, 3.63) is 51.0 Å². The molecule has 21 heavy (non-hydrogen) atoms. The highest BCUT2D eigenvalue weighted by Gasteiger charge is 2.29. The van der Waals surface area contributed by atoms with Crippen molar-refractivity contribution in [2.24, 2.45) is 11.7 Å². The smallest absolute Gasteiger partial charge is 0.249 e. The van der Waals surface area contributed by atoms with Gasteiger partial charge >= 0.3 is 0 Å². The molecule has 2 aromatic rings. The summed E-state index contributed by atoms with van der Waals surface area (Å²) in [5, 5.41) is 1.05. The average molecular weight is 300 g/mol. The predicted molar refractivity (Wildman–Crippen MR) is 81.7 cm³/mol. The number of rotatable bonds is 3. The zero-order valence-corrected chi connectivity index (χ0v) is 12.6. The van der Waals surface area contributed by atoms with E-state index in [1.54, 1.807) is 35.6 Å². The Hall–Kier alpha value is -2.01. The highest BCUT2D eigenvalue weighted by molar-refractivity contribution is 7.11. The van der Waals surface area contributed by atoms with Crippen LogP contribution in [0.15, 0.2) is 24.3 Å². The molecule has 3 rings (SSSR count). The van der Waals surface area contributed by atoms with Crippen molar-refractivity contribution >= 4 is 23.0 Å². The summed E-state index contributed by atoms with van der Waals surface area (Å²) in [4.78, 5) is 29.9. The molecule has 0 bridgehead atoms. The average Bonchev–Trinajstić information content (AvgIpc) is 2.85. The molecule has 0 aliphatic heterocycles. The number of nitrogens with zero attached hydrogens (tertiary/aromatic N) is 1. The summed E-state index contributed by atoms with van der Waals surface area (Å²) in [5.74, 6) is -0.622. The lowest BCUT2D eigenvalue weighted by molar-refractivity contribution is 0.0898. The third kappa shape index (κ3) is 2.61. The van der Waals surface area contributed by atoms with Gasteiger partial charge in [0.05, 0.1) is 10.7 Å². The van der Waals surface area contributed by atoms with E-state index in [2.05, 4.69) is 4.98 Å². The van der Waals surface area contributed by atoms with E-state index in [-0.39, 0.29) is 11.7 Å². The van der Waals surface area contributed by atoms with Crippen molar-refractivity contribution < 1.29 is 9.59 Å². The Kier molecular flexibility index (Phi) is 3.59. The Morgan fingerprint density at radius 2 is 2.00 bits per heavy atom. The predicted octanol–water partition coefficient (Wildman–Crippen LogP) is 2.54. The Morgan fingerprint density at radius 1 is 1.29 bits per heavy atom. The SMILES string of the molecule is Cc1nc2c(s1)CC(C(=O)c1ccccc1C(N)=O)CC2. The molecule has 4 nitrogen and oxygen atoms in total. The minimum absolute atomic E-state index is 0.0149. The number of hydrogen-bond donors (Lipinski definition) is 1. The summed E-state index contributed by atoms with van der Waals surface area (Å²) in [6.07, 6.45) is 2.32. The van der Waals surface area contributed by atoms with Gasteiger partial charge in [0.2, 0.25) is 5.91 Å². The first-order valence-corrected chi connectivity index (χ1v) is 7.76. The molecule has 1 amide bonds. The number of amides is 1. The molecule has 1 atom stereocenters. The molecule has 108 valence electrons. The molecule has 0 spiro atoms. The number of nitrogens with two attached hydrogens (primary N) is 1. The zero-order chi connectivity index (χ0) is 15.0. The standard InChI is InChI=1S/C16H16N2O2S/c1-9-18-13-7-6-10(8-14(13)21-9)15(19)11-4-2-3-5-12(11)16(17)20/h2-5,10H,6-8H2,1H3,(H2,17,20).